The van der Waals surface area contributed by atoms with Crippen molar-refractivity contribution >= 4 is 51.0 Å². The Hall–Kier alpha value is -2.94. The van der Waals surface area contributed by atoms with Crippen LogP contribution < -0.4 is 9.73 Å². The molecule has 0 aliphatic carbocycles. The molecule has 0 aliphatic heterocycles. The lowest BCUT2D eigenvalue weighted by Gasteiger charge is -2.23. The normalized spacial score (nSPS) is 11.5. The maximum Gasteiger partial charge on any atom is 0.264 e. The SMILES string of the molecule is O=C(CN(c1cccc(Cl)c1)S(=O)(=O)c1ccccc1)N/N=C\c1c(F)cccc1Cl. The van der Waals surface area contributed by atoms with Gasteiger partial charge in [-0.2, -0.15) is 5.10 Å². The van der Waals surface area contributed by atoms with Crippen LogP contribution in [-0.2, 0) is 14.8 Å². The van der Waals surface area contributed by atoms with Gasteiger partial charge in [-0.25, -0.2) is 18.2 Å². The van der Waals surface area contributed by atoms with Gasteiger partial charge < -0.3 is 0 Å². The molecular formula is C21H16Cl2FN3O3S. The van der Waals surface area contributed by atoms with E-state index in [4.69, 9.17) is 23.2 Å². The number of rotatable bonds is 7. The monoisotopic (exact) mass is 479 g/mol. The summed E-state index contributed by atoms with van der Waals surface area (Å²) in [6.07, 6.45) is 1.05. The number of hydrazone groups is 1. The van der Waals surface area contributed by atoms with Gasteiger partial charge in [0.1, 0.15) is 12.4 Å². The van der Waals surface area contributed by atoms with Crippen LogP contribution in [0.3, 0.4) is 0 Å². The number of benzene rings is 3. The van der Waals surface area contributed by atoms with Crippen molar-refractivity contribution in [2.45, 2.75) is 4.90 Å². The molecule has 0 fully saturated rings. The third-order valence-corrected chi connectivity index (χ3v) is 6.45. The molecule has 10 heteroatoms. The van der Waals surface area contributed by atoms with Gasteiger partial charge in [0.15, 0.2) is 0 Å². The van der Waals surface area contributed by atoms with E-state index in [0.29, 0.717) is 5.02 Å². The first kappa shape index (κ1) is 22.7. The number of hydrogen-bond acceptors (Lipinski definition) is 4. The molecule has 6 nitrogen and oxygen atoms in total. The third-order valence-electron chi connectivity index (χ3n) is 4.10. The molecule has 0 aliphatic rings. The Morgan fingerprint density at radius 3 is 2.42 bits per heavy atom. The van der Waals surface area contributed by atoms with E-state index in [1.165, 1.54) is 42.5 Å². The molecule has 160 valence electrons. The number of nitrogens with zero attached hydrogens (tertiary/aromatic N) is 2. The summed E-state index contributed by atoms with van der Waals surface area (Å²) in [4.78, 5) is 12.5. The molecule has 0 aromatic heterocycles. The van der Waals surface area contributed by atoms with Crippen molar-refractivity contribution in [1.82, 2.24) is 5.43 Å². The van der Waals surface area contributed by atoms with E-state index in [1.54, 1.807) is 30.3 Å². The molecule has 0 radical (unpaired) electrons. The smallest absolute Gasteiger partial charge is 0.264 e. The molecule has 31 heavy (non-hydrogen) atoms. The van der Waals surface area contributed by atoms with Crippen LogP contribution in [0, 0.1) is 5.82 Å². The van der Waals surface area contributed by atoms with E-state index >= 15 is 0 Å². The number of sulfonamides is 1. The molecule has 0 atom stereocenters. The minimum absolute atomic E-state index is 0.00409. The van der Waals surface area contributed by atoms with E-state index in [1.807, 2.05) is 0 Å². The zero-order chi connectivity index (χ0) is 22.4. The van der Waals surface area contributed by atoms with Crippen LogP contribution in [-0.4, -0.2) is 27.1 Å². The number of nitrogens with one attached hydrogen (secondary N) is 1. The molecular weight excluding hydrogens is 464 g/mol. The average molecular weight is 480 g/mol. The summed E-state index contributed by atoms with van der Waals surface area (Å²) in [6, 6.07) is 17.9. The van der Waals surface area contributed by atoms with E-state index in [2.05, 4.69) is 10.5 Å². The predicted molar refractivity (Wildman–Crippen MR) is 120 cm³/mol. The van der Waals surface area contributed by atoms with Gasteiger partial charge in [-0.05, 0) is 42.5 Å². The van der Waals surface area contributed by atoms with Crippen LogP contribution in [0.4, 0.5) is 10.1 Å². The van der Waals surface area contributed by atoms with Gasteiger partial charge in [-0.1, -0.05) is 53.5 Å². The Bertz CT molecular complexity index is 1200. The van der Waals surface area contributed by atoms with Gasteiger partial charge in [0, 0.05) is 10.6 Å². The molecule has 3 aromatic rings. The second-order valence-corrected chi connectivity index (χ2v) is 8.94. The lowest BCUT2D eigenvalue weighted by atomic mass is 10.2. The highest BCUT2D eigenvalue weighted by atomic mass is 35.5. The average Bonchev–Trinajstić information content (AvgIpc) is 2.74. The number of anilines is 1. The van der Waals surface area contributed by atoms with Gasteiger partial charge in [0.25, 0.3) is 15.9 Å². The van der Waals surface area contributed by atoms with Crippen LogP contribution in [0.15, 0.2) is 82.8 Å². The highest BCUT2D eigenvalue weighted by Gasteiger charge is 2.27. The summed E-state index contributed by atoms with van der Waals surface area (Å²) < 4.78 is 41.0. The van der Waals surface area contributed by atoms with Crippen LogP contribution in [0.25, 0.3) is 0 Å². The summed E-state index contributed by atoms with van der Waals surface area (Å²) in [5, 5.41) is 4.11. The molecule has 0 saturated carbocycles. The van der Waals surface area contributed by atoms with Crippen LogP contribution in [0.1, 0.15) is 5.56 Å². The van der Waals surface area contributed by atoms with Crippen molar-refractivity contribution in [3.63, 3.8) is 0 Å². The maximum atomic E-state index is 13.8. The highest BCUT2D eigenvalue weighted by molar-refractivity contribution is 7.92. The van der Waals surface area contributed by atoms with Crippen molar-refractivity contribution in [3.8, 4) is 0 Å². The van der Waals surface area contributed by atoms with Crippen molar-refractivity contribution in [1.29, 1.82) is 0 Å². The van der Waals surface area contributed by atoms with Gasteiger partial charge in [-0.15, -0.1) is 0 Å². The highest BCUT2D eigenvalue weighted by Crippen LogP contribution is 2.26. The van der Waals surface area contributed by atoms with Crippen LogP contribution in [0.2, 0.25) is 10.0 Å². The second kappa shape index (κ2) is 9.91. The number of amides is 1. The summed E-state index contributed by atoms with van der Waals surface area (Å²) in [5.74, 6) is -1.36. The summed E-state index contributed by atoms with van der Waals surface area (Å²) in [6.45, 7) is -0.583. The molecule has 0 spiro atoms. The Balaban J connectivity index is 1.85. The molecule has 1 amide bonds. The molecule has 0 heterocycles. The van der Waals surface area contributed by atoms with E-state index in [-0.39, 0.29) is 21.2 Å². The summed E-state index contributed by atoms with van der Waals surface area (Å²) in [7, 11) is -4.08. The Kier molecular flexibility index (Phi) is 7.27. The molecule has 3 aromatic carbocycles. The number of carbonyl (C=O) groups is 1. The van der Waals surface area contributed by atoms with Crippen molar-refractivity contribution in [2.75, 3.05) is 10.8 Å². The van der Waals surface area contributed by atoms with Crippen molar-refractivity contribution < 1.29 is 17.6 Å². The second-order valence-electron chi connectivity index (χ2n) is 6.23. The largest absolute Gasteiger partial charge is 0.271 e. The van der Waals surface area contributed by atoms with Gasteiger partial charge >= 0.3 is 0 Å². The van der Waals surface area contributed by atoms with Crippen molar-refractivity contribution in [2.24, 2.45) is 5.10 Å². The Morgan fingerprint density at radius 1 is 1.03 bits per heavy atom. The first-order valence-electron chi connectivity index (χ1n) is 8.88. The topological polar surface area (TPSA) is 78.8 Å². The quantitative estimate of drug-likeness (QED) is 0.400. The Labute approximate surface area is 189 Å². The lowest BCUT2D eigenvalue weighted by molar-refractivity contribution is -0.119. The van der Waals surface area contributed by atoms with E-state index in [9.17, 15) is 17.6 Å². The molecule has 1 N–H and O–H groups in total. The zero-order valence-electron chi connectivity index (χ0n) is 15.9. The number of carbonyl (C=O) groups excluding carboxylic acids is 1. The summed E-state index contributed by atoms with van der Waals surface area (Å²) in [5.41, 5.74) is 2.39. The number of hydrogen-bond donors (Lipinski definition) is 1. The van der Waals surface area contributed by atoms with Crippen LogP contribution in [0.5, 0.6) is 0 Å². The molecule has 3 rings (SSSR count). The standard InChI is InChI=1S/C21H16Cl2FN3O3S/c22-15-6-4-7-16(12-15)27(31(29,30)17-8-2-1-3-9-17)14-21(28)26-25-13-18-19(23)10-5-11-20(18)24/h1-13H,14H2,(H,26,28)/b25-13-. The molecule has 0 bridgehead atoms. The molecule has 0 unspecified atom stereocenters. The van der Waals surface area contributed by atoms with Crippen molar-refractivity contribution in [3.05, 3.63) is 94.2 Å². The summed E-state index contributed by atoms with van der Waals surface area (Å²) >= 11 is 11.9. The Morgan fingerprint density at radius 2 is 1.74 bits per heavy atom. The molecule has 0 saturated heterocycles. The minimum atomic E-state index is -4.08. The number of halogens is 3. The minimum Gasteiger partial charge on any atom is -0.271 e. The van der Waals surface area contributed by atoms with Crippen LogP contribution >= 0.6 is 23.2 Å². The zero-order valence-corrected chi connectivity index (χ0v) is 18.2. The first-order valence-corrected chi connectivity index (χ1v) is 11.1. The maximum absolute atomic E-state index is 13.8. The third kappa shape index (κ3) is 5.61. The van der Waals surface area contributed by atoms with Gasteiger partial charge in [0.05, 0.1) is 21.8 Å². The predicted octanol–water partition coefficient (Wildman–Crippen LogP) is 4.48. The fourth-order valence-electron chi connectivity index (χ4n) is 2.63. The lowest BCUT2D eigenvalue weighted by Crippen LogP contribution is -2.39. The van der Waals surface area contributed by atoms with E-state index < -0.39 is 28.3 Å². The first-order chi connectivity index (χ1) is 14.8. The fraction of sp³-hybridized carbons (Fsp3) is 0.0476. The van der Waals surface area contributed by atoms with E-state index in [0.717, 1.165) is 10.5 Å². The van der Waals surface area contributed by atoms with Gasteiger partial charge in [0.2, 0.25) is 0 Å². The van der Waals surface area contributed by atoms with Gasteiger partial charge in [-0.3, -0.25) is 9.10 Å². The fourth-order valence-corrected chi connectivity index (χ4v) is 4.46.